The maximum atomic E-state index is 11.0. The number of carbonyl (C=O) groups is 2. The van der Waals surface area contributed by atoms with Crippen LogP contribution in [-0.4, -0.2) is 22.1 Å². The van der Waals surface area contributed by atoms with Gasteiger partial charge in [0.2, 0.25) is 11.8 Å². The van der Waals surface area contributed by atoms with Gasteiger partial charge in [0.1, 0.15) is 5.37 Å². The molecule has 1 rings (SSSR count). The molecule has 1 aliphatic rings. The molecule has 11 heavy (non-hydrogen) atoms. The van der Waals surface area contributed by atoms with Crippen LogP contribution in [0.4, 0.5) is 0 Å². The molecule has 0 aromatic rings. The summed E-state index contributed by atoms with van der Waals surface area (Å²) in [4.78, 5) is 23.1. The first-order chi connectivity index (χ1) is 5.16. The van der Waals surface area contributed by atoms with Gasteiger partial charge in [0.15, 0.2) is 0 Å². The van der Waals surface area contributed by atoms with Crippen LogP contribution in [0.3, 0.4) is 0 Å². The average molecular weight is 171 g/mol. The van der Waals surface area contributed by atoms with Crippen LogP contribution < -0.4 is 0 Å². The van der Waals surface area contributed by atoms with E-state index in [2.05, 4.69) is 19.2 Å². The van der Waals surface area contributed by atoms with Crippen LogP contribution in [0.5, 0.6) is 0 Å². The quantitative estimate of drug-likeness (QED) is 0.375. The fourth-order valence-corrected chi connectivity index (χ4v) is 1.25. The summed E-state index contributed by atoms with van der Waals surface area (Å²) >= 11 is 4.01. The van der Waals surface area contributed by atoms with Gasteiger partial charge in [-0.1, -0.05) is 6.08 Å². The van der Waals surface area contributed by atoms with E-state index in [0.717, 1.165) is 4.90 Å². The predicted octanol–water partition coefficient (Wildman–Crippen LogP) is 0.577. The Hall–Kier alpha value is -0.770. The Bertz CT molecular complexity index is 198. The highest BCUT2D eigenvalue weighted by Crippen LogP contribution is 2.17. The van der Waals surface area contributed by atoms with Gasteiger partial charge in [-0.2, -0.15) is 0 Å². The second kappa shape index (κ2) is 3.09. The summed E-state index contributed by atoms with van der Waals surface area (Å²) < 4.78 is 0. The van der Waals surface area contributed by atoms with Crippen molar-refractivity contribution in [2.24, 2.45) is 0 Å². The molecule has 0 aromatic carbocycles. The Morgan fingerprint density at radius 2 is 1.91 bits per heavy atom. The number of imide groups is 1. The lowest BCUT2D eigenvalue weighted by atomic mass is 10.4. The summed E-state index contributed by atoms with van der Waals surface area (Å²) in [5.74, 6) is -0.315. The monoisotopic (exact) mass is 171 g/mol. The lowest BCUT2D eigenvalue weighted by Gasteiger charge is -2.17. The van der Waals surface area contributed by atoms with E-state index in [0.29, 0.717) is 12.8 Å². The van der Waals surface area contributed by atoms with E-state index in [1.165, 1.54) is 6.08 Å². The second-order valence-corrected chi connectivity index (χ2v) is 2.84. The molecule has 1 heterocycles. The molecule has 2 amide bonds. The number of hydrogen-bond donors (Lipinski definition) is 1. The molecule has 0 aromatic heterocycles. The van der Waals surface area contributed by atoms with Gasteiger partial charge >= 0.3 is 0 Å². The molecule has 0 radical (unpaired) electrons. The van der Waals surface area contributed by atoms with Crippen molar-refractivity contribution in [3.05, 3.63) is 12.7 Å². The Labute approximate surface area is 70.5 Å². The third-order valence-electron chi connectivity index (χ3n) is 1.57. The molecule has 4 heteroatoms. The van der Waals surface area contributed by atoms with Gasteiger partial charge in [-0.05, 0) is 0 Å². The van der Waals surface area contributed by atoms with Crippen LogP contribution in [0.1, 0.15) is 12.8 Å². The smallest absolute Gasteiger partial charge is 0.230 e. The lowest BCUT2D eigenvalue weighted by molar-refractivity contribution is -0.138. The highest BCUT2D eigenvalue weighted by Gasteiger charge is 2.31. The zero-order chi connectivity index (χ0) is 8.43. The molecule has 1 atom stereocenters. The van der Waals surface area contributed by atoms with Crippen LogP contribution in [0.25, 0.3) is 0 Å². The van der Waals surface area contributed by atoms with Crippen LogP contribution in [-0.2, 0) is 9.59 Å². The highest BCUT2D eigenvalue weighted by atomic mass is 32.1. The van der Waals surface area contributed by atoms with Gasteiger partial charge in [0, 0.05) is 12.8 Å². The van der Waals surface area contributed by atoms with E-state index in [-0.39, 0.29) is 11.8 Å². The summed E-state index contributed by atoms with van der Waals surface area (Å²) in [6.07, 6.45) is 2.08. The molecule has 1 saturated heterocycles. The number of rotatable bonds is 2. The van der Waals surface area contributed by atoms with Crippen molar-refractivity contribution in [3.8, 4) is 0 Å². The minimum Gasteiger partial charge on any atom is -0.274 e. The predicted molar refractivity (Wildman–Crippen MR) is 44.1 cm³/mol. The lowest BCUT2D eigenvalue weighted by Crippen LogP contribution is -2.34. The molecule has 0 bridgehead atoms. The molecule has 1 aliphatic heterocycles. The SMILES string of the molecule is C=CC(S)N1C(=O)CCC1=O. The maximum Gasteiger partial charge on any atom is 0.230 e. The van der Waals surface area contributed by atoms with Crippen molar-refractivity contribution >= 4 is 24.4 Å². The number of amides is 2. The number of carbonyl (C=O) groups excluding carboxylic acids is 2. The molecule has 1 unspecified atom stereocenters. The van der Waals surface area contributed by atoms with Gasteiger partial charge in [-0.3, -0.25) is 14.5 Å². The van der Waals surface area contributed by atoms with Gasteiger partial charge in [-0.25, -0.2) is 0 Å². The van der Waals surface area contributed by atoms with E-state index >= 15 is 0 Å². The number of hydrogen-bond acceptors (Lipinski definition) is 3. The normalized spacial score (nSPS) is 20.6. The minimum atomic E-state index is -0.461. The van der Waals surface area contributed by atoms with Crippen molar-refractivity contribution in [2.45, 2.75) is 18.2 Å². The molecule has 1 fully saturated rings. The molecule has 0 aliphatic carbocycles. The Morgan fingerprint density at radius 1 is 1.45 bits per heavy atom. The van der Waals surface area contributed by atoms with Crippen molar-refractivity contribution in [1.82, 2.24) is 4.90 Å². The Morgan fingerprint density at radius 3 is 2.27 bits per heavy atom. The number of thiol groups is 1. The van der Waals surface area contributed by atoms with Crippen molar-refractivity contribution < 1.29 is 9.59 Å². The minimum absolute atomic E-state index is 0.157. The van der Waals surface area contributed by atoms with Crippen LogP contribution in [0.2, 0.25) is 0 Å². The molecular weight excluding hydrogens is 162 g/mol. The summed E-state index contributed by atoms with van der Waals surface area (Å²) in [5.41, 5.74) is 0. The average Bonchev–Trinajstić information content (AvgIpc) is 2.30. The van der Waals surface area contributed by atoms with Crippen molar-refractivity contribution in [3.63, 3.8) is 0 Å². The number of nitrogens with zero attached hydrogens (tertiary/aromatic N) is 1. The summed E-state index contributed by atoms with van der Waals surface area (Å²) in [6.45, 7) is 3.45. The van der Waals surface area contributed by atoms with Crippen LogP contribution in [0, 0.1) is 0 Å². The summed E-state index contributed by atoms with van der Waals surface area (Å²) in [7, 11) is 0. The molecular formula is C7H9NO2S. The van der Waals surface area contributed by atoms with Crippen molar-refractivity contribution in [2.75, 3.05) is 0 Å². The topological polar surface area (TPSA) is 37.4 Å². The van der Waals surface area contributed by atoms with E-state index < -0.39 is 5.37 Å². The first kappa shape index (κ1) is 8.33. The molecule has 0 N–H and O–H groups in total. The standard InChI is InChI=1S/C7H9NO2S/c1-2-7(11)8-5(9)3-4-6(8)10/h2,7,11H,1,3-4H2. The van der Waals surface area contributed by atoms with Crippen LogP contribution in [0.15, 0.2) is 12.7 Å². The third kappa shape index (κ3) is 1.45. The van der Waals surface area contributed by atoms with E-state index in [9.17, 15) is 9.59 Å². The van der Waals surface area contributed by atoms with E-state index in [1.807, 2.05) is 0 Å². The first-order valence-electron chi connectivity index (χ1n) is 3.32. The van der Waals surface area contributed by atoms with Gasteiger partial charge in [0.05, 0.1) is 0 Å². The summed E-state index contributed by atoms with van der Waals surface area (Å²) in [5, 5.41) is -0.461. The second-order valence-electron chi connectivity index (χ2n) is 2.31. The van der Waals surface area contributed by atoms with Crippen molar-refractivity contribution in [1.29, 1.82) is 0 Å². The first-order valence-corrected chi connectivity index (χ1v) is 3.84. The Kier molecular flexibility index (Phi) is 2.34. The van der Waals surface area contributed by atoms with Gasteiger partial charge < -0.3 is 0 Å². The number of likely N-dealkylation sites (tertiary alicyclic amines) is 1. The zero-order valence-electron chi connectivity index (χ0n) is 5.99. The zero-order valence-corrected chi connectivity index (χ0v) is 6.88. The molecule has 60 valence electrons. The van der Waals surface area contributed by atoms with E-state index in [4.69, 9.17) is 0 Å². The fraction of sp³-hybridized carbons (Fsp3) is 0.429. The fourth-order valence-electron chi connectivity index (χ4n) is 0.994. The van der Waals surface area contributed by atoms with Gasteiger partial charge in [-0.15, -0.1) is 19.2 Å². The van der Waals surface area contributed by atoms with Crippen LogP contribution >= 0.6 is 12.6 Å². The highest BCUT2D eigenvalue weighted by molar-refractivity contribution is 7.81. The molecule has 0 saturated carbocycles. The van der Waals surface area contributed by atoms with E-state index in [1.54, 1.807) is 0 Å². The Balaban J connectivity index is 2.75. The van der Waals surface area contributed by atoms with Gasteiger partial charge in [0.25, 0.3) is 0 Å². The molecule has 0 spiro atoms. The maximum absolute atomic E-state index is 11.0. The largest absolute Gasteiger partial charge is 0.274 e. The third-order valence-corrected chi connectivity index (χ3v) is 2.01. The summed E-state index contributed by atoms with van der Waals surface area (Å²) in [6, 6.07) is 0. The molecule has 3 nitrogen and oxygen atoms in total.